The molecule has 0 amide bonds. The molecule has 2 heterocycles. The van der Waals surface area contributed by atoms with Crippen LogP contribution < -0.4 is 4.90 Å². The summed E-state index contributed by atoms with van der Waals surface area (Å²) in [4.78, 5) is 9.15. The van der Waals surface area contributed by atoms with E-state index >= 15 is 0 Å². The number of aromatic nitrogens is 1. The number of aliphatic hydroxyl groups excluding tert-OH is 1. The summed E-state index contributed by atoms with van der Waals surface area (Å²) in [6, 6.07) is 3.82. The molecule has 0 atom stereocenters. The molecule has 1 aromatic heterocycles. The summed E-state index contributed by atoms with van der Waals surface area (Å²) < 4.78 is 0. The van der Waals surface area contributed by atoms with E-state index in [1.54, 1.807) is 6.20 Å². The normalized spacial score (nSPS) is 17.4. The molecule has 0 spiro atoms. The van der Waals surface area contributed by atoms with Crippen LogP contribution in [0.3, 0.4) is 0 Å². The third kappa shape index (κ3) is 2.96. The smallest absolute Gasteiger partial charge is 0.134 e. The van der Waals surface area contributed by atoms with Crippen LogP contribution in [0.4, 0.5) is 5.82 Å². The van der Waals surface area contributed by atoms with Crippen molar-refractivity contribution in [1.29, 1.82) is 0 Å². The second-order valence-corrected chi connectivity index (χ2v) is 4.47. The minimum atomic E-state index is 0.0678. The number of hydrogen-bond acceptors (Lipinski definition) is 4. The molecule has 17 heavy (non-hydrogen) atoms. The van der Waals surface area contributed by atoms with Crippen LogP contribution >= 0.6 is 0 Å². The van der Waals surface area contributed by atoms with E-state index in [0.29, 0.717) is 0 Å². The van der Waals surface area contributed by atoms with E-state index in [4.69, 9.17) is 0 Å². The highest BCUT2D eigenvalue weighted by Gasteiger charge is 2.18. The average molecular weight is 235 g/mol. The summed E-state index contributed by atoms with van der Waals surface area (Å²) in [7, 11) is 0. The molecule has 1 N–H and O–H groups in total. The largest absolute Gasteiger partial charge is 0.392 e. The summed E-state index contributed by atoms with van der Waals surface area (Å²) in [5.74, 6) is 0.950. The Labute approximate surface area is 103 Å². The fraction of sp³-hybridized carbons (Fsp3) is 0.615. The third-order valence-corrected chi connectivity index (χ3v) is 3.25. The molecule has 0 saturated carbocycles. The van der Waals surface area contributed by atoms with Crippen LogP contribution in [0.25, 0.3) is 0 Å². The van der Waals surface area contributed by atoms with Gasteiger partial charge in [-0.25, -0.2) is 4.98 Å². The van der Waals surface area contributed by atoms with Crippen molar-refractivity contribution in [3.05, 3.63) is 23.9 Å². The fourth-order valence-electron chi connectivity index (χ4n) is 2.34. The van der Waals surface area contributed by atoms with Gasteiger partial charge in [-0.2, -0.15) is 0 Å². The minimum Gasteiger partial charge on any atom is -0.392 e. The average Bonchev–Trinajstić information content (AvgIpc) is 2.40. The Kier molecular flexibility index (Phi) is 4.34. The lowest BCUT2D eigenvalue weighted by Crippen LogP contribution is -2.47. The highest BCUT2D eigenvalue weighted by molar-refractivity contribution is 5.46. The van der Waals surface area contributed by atoms with Crippen molar-refractivity contribution < 1.29 is 5.11 Å². The van der Waals surface area contributed by atoms with Crippen molar-refractivity contribution in [2.24, 2.45) is 0 Å². The number of hydrogen-bond donors (Lipinski definition) is 1. The number of anilines is 1. The van der Waals surface area contributed by atoms with Gasteiger partial charge in [0.1, 0.15) is 5.82 Å². The monoisotopic (exact) mass is 235 g/mol. The number of aliphatic hydroxyl groups is 1. The van der Waals surface area contributed by atoms with Gasteiger partial charge in [0.25, 0.3) is 0 Å². The maximum Gasteiger partial charge on any atom is 0.134 e. The molecule has 1 aliphatic heterocycles. The quantitative estimate of drug-likeness (QED) is 0.848. The first-order valence-electron chi connectivity index (χ1n) is 6.37. The van der Waals surface area contributed by atoms with Crippen LogP contribution in [0.15, 0.2) is 18.3 Å². The standard InChI is InChI=1S/C13H21N3O/c1-2-6-15-7-9-16(10-8-15)13-12(11-17)4-3-5-14-13/h3-5,17H,2,6-11H2,1H3. The maximum absolute atomic E-state index is 9.31. The van der Waals surface area contributed by atoms with E-state index in [1.807, 2.05) is 12.1 Å². The van der Waals surface area contributed by atoms with Gasteiger partial charge in [0.15, 0.2) is 0 Å². The number of pyridine rings is 1. The van der Waals surface area contributed by atoms with Crippen LogP contribution in [-0.4, -0.2) is 47.7 Å². The van der Waals surface area contributed by atoms with E-state index in [1.165, 1.54) is 13.0 Å². The van der Waals surface area contributed by atoms with Crippen molar-refractivity contribution in [1.82, 2.24) is 9.88 Å². The maximum atomic E-state index is 9.31. The van der Waals surface area contributed by atoms with Crippen molar-refractivity contribution in [3.63, 3.8) is 0 Å². The van der Waals surface area contributed by atoms with Crippen molar-refractivity contribution in [3.8, 4) is 0 Å². The molecule has 0 unspecified atom stereocenters. The summed E-state index contributed by atoms with van der Waals surface area (Å²) in [5, 5.41) is 9.31. The van der Waals surface area contributed by atoms with Crippen molar-refractivity contribution in [2.75, 3.05) is 37.6 Å². The van der Waals surface area contributed by atoms with Crippen molar-refractivity contribution in [2.45, 2.75) is 20.0 Å². The van der Waals surface area contributed by atoms with Crippen LogP contribution in [0.5, 0.6) is 0 Å². The molecule has 2 rings (SSSR count). The van der Waals surface area contributed by atoms with Gasteiger partial charge in [0.05, 0.1) is 6.61 Å². The highest BCUT2D eigenvalue weighted by Crippen LogP contribution is 2.18. The predicted octanol–water partition coefficient (Wildman–Crippen LogP) is 1.11. The molecule has 0 aliphatic carbocycles. The number of piperazine rings is 1. The van der Waals surface area contributed by atoms with Gasteiger partial charge < -0.3 is 10.0 Å². The number of rotatable bonds is 4. The molecule has 94 valence electrons. The lowest BCUT2D eigenvalue weighted by molar-refractivity contribution is 0.255. The Morgan fingerprint density at radius 2 is 2.06 bits per heavy atom. The topological polar surface area (TPSA) is 39.6 Å². The van der Waals surface area contributed by atoms with E-state index in [2.05, 4.69) is 21.7 Å². The summed E-state index contributed by atoms with van der Waals surface area (Å²) >= 11 is 0. The zero-order valence-electron chi connectivity index (χ0n) is 10.5. The minimum absolute atomic E-state index is 0.0678. The van der Waals surface area contributed by atoms with E-state index in [-0.39, 0.29) is 6.61 Å². The summed E-state index contributed by atoms with van der Waals surface area (Å²) in [6.07, 6.45) is 3.01. The second kappa shape index (κ2) is 5.98. The molecule has 1 aromatic rings. The van der Waals surface area contributed by atoms with E-state index < -0.39 is 0 Å². The molecular weight excluding hydrogens is 214 g/mol. The lowest BCUT2D eigenvalue weighted by atomic mass is 10.2. The Hall–Kier alpha value is -1.13. The second-order valence-electron chi connectivity index (χ2n) is 4.47. The summed E-state index contributed by atoms with van der Waals surface area (Å²) in [6.45, 7) is 7.66. The molecule has 0 aromatic carbocycles. The Balaban J connectivity index is 2.00. The van der Waals surface area contributed by atoms with Crippen molar-refractivity contribution >= 4 is 5.82 Å². The number of nitrogens with zero attached hydrogens (tertiary/aromatic N) is 3. The molecule has 1 aliphatic rings. The zero-order valence-corrected chi connectivity index (χ0v) is 10.5. The first-order chi connectivity index (χ1) is 8.35. The Morgan fingerprint density at radius 3 is 2.71 bits per heavy atom. The summed E-state index contributed by atoms with van der Waals surface area (Å²) in [5.41, 5.74) is 0.927. The van der Waals surface area contributed by atoms with Crippen LogP contribution in [0.2, 0.25) is 0 Å². The van der Waals surface area contributed by atoms with Gasteiger partial charge in [0, 0.05) is 37.9 Å². The van der Waals surface area contributed by atoms with E-state index in [9.17, 15) is 5.11 Å². The van der Waals surface area contributed by atoms with Gasteiger partial charge in [-0.15, -0.1) is 0 Å². The molecule has 0 radical (unpaired) electrons. The van der Waals surface area contributed by atoms with Gasteiger partial charge in [-0.05, 0) is 19.0 Å². The molecule has 4 heteroatoms. The van der Waals surface area contributed by atoms with Crippen LogP contribution in [-0.2, 0) is 6.61 Å². The van der Waals surface area contributed by atoms with Crippen LogP contribution in [0, 0.1) is 0 Å². The van der Waals surface area contributed by atoms with Gasteiger partial charge in [-0.3, -0.25) is 4.90 Å². The SMILES string of the molecule is CCCN1CCN(c2ncccc2CO)CC1. The Bertz CT molecular complexity index is 348. The van der Waals surface area contributed by atoms with E-state index in [0.717, 1.165) is 37.6 Å². The molecular formula is C13H21N3O. The van der Waals surface area contributed by atoms with Gasteiger partial charge in [0.2, 0.25) is 0 Å². The first kappa shape index (κ1) is 12.3. The van der Waals surface area contributed by atoms with Gasteiger partial charge in [-0.1, -0.05) is 13.0 Å². The fourth-order valence-corrected chi connectivity index (χ4v) is 2.34. The molecule has 1 saturated heterocycles. The Morgan fingerprint density at radius 1 is 1.29 bits per heavy atom. The molecule has 1 fully saturated rings. The first-order valence-corrected chi connectivity index (χ1v) is 6.37. The molecule has 4 nitrogen and oxygen atoms in total. The highest BCUT2D eigenvalue weighted by atomic mass is 16.3. The zero-order chi connectivity index (χ0) is 12.1. The predicted molar refractivity (Wildman–Crippen MR) is 69.1 cm³/mol. The lowest BCUT2D eigenvalue weighted by Gasteiger charge is -2.35. The molecule has 0 bridgehead atoms. The van der Waals surface area contributed by atoms with Crippen LogP contribution in [0.1, 0.15) is 18.9 Å². The third-order valence-electron chi connectivity index (χ3n) is 3.25. The van der Waals surface area contributed by atoms with Gasteiger partial charge >= 0.3 is 0 Å².